The summed E-state index contributed by atoms with van der Waals surface area (Å²) in [6, 6.07) is 6.66. The van der Waals surface area contributed by atoms with E-state index < -0.39 is 20.4 Å². The maximum absolute atomic E-state index is 12.3. The summed E-state index contributed by atoms with van der Waals surface area (Å²) in [5.74, 6) is -0.938. The fourth-order valence-corrected chi connectivity index (χ4v) is 4.10. The van der Waals surface area contributed by atoms with E-state index in [1.54, 1.807) is 24.3 Å². The van der Waals surface area contributed by atoms with Crippen LogP contribution < -0.4 is 0 Å². The molecule has 7 heteroatoms. The average Bonchev–Trinajstić information content (AvgIpc) is 2.87. The Balaban J connectivity index is 1.61. The minimum atomic E-state index is -1.73. The van der Waals surface area contributed by atoms with E-state index in [0.29, 0.717) is 24.3 Å². The molecule has 0 spiro atoms. The van der Waals surface area contributed by atoms with Crippen molar-refractivity contribution >= 4 is 20.4 Å². The van der Waals surface area contributed by atoms with Crippen molar-refractivity contribution in [1.82, 2.24) is 5.06 Å². The molecule has 3 rings (SSSR count). The van der Waals surface area contributed by atoms with Crippen molar-refractivity contribution in [3.8, 4) is 0 Å². The van der Waals surface area contributed by atoms with E-state index in [4.69, 9.17) is 13.7 Å². The van der Waals surface area contributed by atoms with Crippen molar-refractivity contribution < 1.29 is 23.3 Å². The van der Waals surface area contributed by atoms with Crippen LogP contribution in [0.1, 0.15) is 60.2 Å². The lowest BCUT2D eigenvalue weighted by molar-refractivity contribution is -0.0602. The van der Waals surface area contributed by atoms with E-state index in [2.05, 4.69) is 13.8 Å². The fraction of sp³-hybridized carbons (Fsp3) is 0.529. The summed E-state index contributed by atoms with van der Waals surface area (Å²) in [6.07, 6.45) is 4.25. The van der Waals surface area contributed by atoms with Gasteiger partial charge >= 0.3 is 8.60 Å². The van der Waals surface area contributed by atoms with E-state index in [-0.39, 0.29) is 5.41 Å². The number of hydrogen-bond acceptors (Lipinski definition) is 5. The molecule has 2 heterocycles. The summed E-state index contributed by atoms with van der Waals surface area (Å²) in [6.45, 7) is 5.34. The smallest absolute Gasteiger partial charge is 0.310 e. The second-order valence-electron chi connectivity index (χ2n) is 6.26. The Labute approximate surface area is 143 Å². The first-order valence-corrected chi connectivity index (χ1v) is 9.41. The molecule has 0 atom stereocenters. The van der Waals surface area contributed by atoms with Crippen LogP contribution in [0, 0.1) is 5.41 Å². The largest absolute Gasteiger partial charge is 0.356 e. The van der Waals surface area contributed by atoms with Gasteiger partial charge in [0.15, 0.2) is 0 Å². The molecule has 0 bridgehead atoms. The van der Waals surface area contributed by atoms with E-state index in [9.17, 15) is 9.59 Å². The molecular weight excluding hydrogens is 329 g/mol. The van der Waals surface area contributed by atoms with Crippen molar-refractivity contribution in [2.24, 2.45) is 5.41 Å². The lowest BCUT2D eigenvalue weighted by Gasteiger charge is -2.38. The fourth-order valence-electron chi connectivity index (χ4n) is 2.89. The first-order valence-electron chi connectivity index (χ1n) is 8.32. The summed E-state index contributed by atoms with van der Waals surface area (Å²) in [4.78, 5) is 24.6. The molecule has 0 aliphatic carbocycles. The van der Waals surface area contributed by atoms with Crippen LogP contribution in [0.4, 0.5) is 0 Å². The van der Waals surface area contributed by atoms with Gasteiger partial charge in [0.1, 0.15) is 0 Å². The summed E-state index contributed by atoms with van der Waals surface area (Å²) in [7, 11) is -1.73. The third-order valence-electron chi connectivity index (χ3n) is 4.67. The second-order valence-corrected chi connectivity index (χ2v) is 7.39. The molecule has 1 fully saturated rings. The van der Waals surface area contributed by atoms with Crippen LogP contribution in [0.5, 0.6) is 0 Å². The number of imide groups is 1. The summed E-state index contributed by atoms with van der Waals surface area (Å²) in [5, 5.41) is 0.765. The quantitative estimate of drug-likeness (QED) is 0.571. The van der Waals surface area contributed by atoms with Crippen LogP contribution >= 0.6 is 8.60 Å². The minimum absolute atomic E-state index is 0.000192. The summed E-state index contributed by atoms with van der Waals surface area (Å²) < 4.78 is 16.9. The maximum atomic E-state index is 12.3. The highest BCUT2D eigenvalue weighted by atomic mass is 31.2. The van der Waals surface area contributed by atoms with Crippen LogP contribution in [0.2, 0.25) is 0 Å². The van der Waals surface area contributed by atoms with Crippen molar-refractivity contribution in [1.29, 1.82) is 0 Å². The van der Waals surface area contributed by atoms with Gasteiger partial charge in [-0.3, -0.25) is 9.59 Å². The van der Waals surface area contributed by atoms with E-state index in [0.717, 1.165) is 30.7 Å². The average molecular weight is 351 g/mol. The van der Waals surface area contributed by atoms with Crippen LogP contribution in [-0.4, -0.2) is 30.1 Å². The third-order valence-corrected chi connectivity index (χ3v) is 5.64. The Morgan fingerprint density at radius 3 is 2.21 bits per heavy atom. The zero-order chi connectivity index (χ0) is 17.2. The van der Waals surface area contributed by atoms with Gasteiger partial charge in [-0.1, -0.05) is 38.8 Å². The van der Waals surface area contributed by atoms with Gasteiger partial charge in [0.05, 0.1) is 24.3 Å². The summed E-state index contributed by atoms with van der Waals surface area (Å²) >= 11 is 0. The maximum Gasteiger partial charge on any atom is 0.356 e. The second kappa shape index (κ2) is 7.28. The molecule has 1 aromatic rings. The van der Waals surface area contributed by atoms with E-state index in [1.165, 1.54) is 0 Å². The van der Waals surface area contributed by atoms with Crippen LogP contribution in [0.25, 0.3) is 0 Å². The zero-order valence-corrected chi connectivity index (χ0v) is 14.9. The summed E-state index contributed by atoms with van der Waals surface area (Å²) in [5.41, 5.74) is 0.695. The molecule has 0 radical (unpaired) electrons. The highest BCUT2D eigenvalue weighted by Gasteiger charge is 2.42. The Bertz CT molecular complexity index is 592. The molecule has 2 aliphatic rings. The van der Waals surface area contributed by atoms with Gasteiger partial charge in [-0.25, -0.2) is 0 Å². The molecule has 0 N–H and O–H groups in total. The number of unbranched alkanes of at least 4 members (excludes halogenated alkanes) is 1. The van der Waals surface area contributed by atoms with Gasteiger partial charge in [0, 0.05) is 5.41 Å². The van der Waals surface area contributed by atoms with Crippen molar-refractivity contribution in [3.05, 3.63) is 35.4 Å². The number of benzene rings is 1. The normalized spacial score (nSPS) is 26.8. The molecule has 130 valence electrons. The number of rotatable bonds is 6. The van der Waals surface area contributed by atoms with Gasteiger partial charge in [-0.2, -0.15) is 4.62 Å². The highest BCUT2D eigenvalue weighted by molar-refractivity contribution is 7.41. The Morgan fingerprint density at radius 1 is 1.12 bits per heavy atom. The minimum Gasteiger partial charge on any atom is -0.310 e. The first kappa shape index (κ1) is 17.5. The Hall–Kier alpha value is -1.33. The molecule has 6 nitrogen and oxygen atoms in total. The van der Waals surface area contributed by atoms with Crippen LogP contribution in [-0.2, 0) is 13.7 Å². The topological polar surface area (TPSA) is 65.1 Å². The van der Waals surface area contributed by atoms with E-state index >= 15 is 0 Å². The Morgan fingerprint density at radius 2 is 1.71 bits per heavy atom. The van der Waals surface area contributed by atoms with Gasteiger partial charge in [0.2, 0.25) is 0 Å². The van der Waals surface area contributed by atoms with Crippen molar-refractivity contribution in [2.75, 3.05) is 13.2 Å². The lowest BCUT2D eigenvalue weighted by atomic mass is 9.82. The number of hydroxylamine groups is 2. The number of hydrogen-bond donors (Lipinski definition) is 0. The molecule has 0 unspecified atom stereocenters. The lowest BCUT2D eigenvalue weighted by Crippen LogP contribution is -2.36. The van der Waals surface area contributed by atoms with Gasteiger partial charge in [-0.15, -0.1) is 5.06 Å². The van der Waals surface area contributed by atoms with Crippen LogP contribution in [0.15, 0.2) is 24.3 Å². The molecular formula is C17H22NO5P. The SMILES string of the molecule is CCCCC1(CC)COP(ON2C(=O)c3ccccc3C2=O)OC1. The predicted molar refractivity (Wildman–Crippen MR) is 89.1 cm³/mol. The molecule has 2 aliphatic heterocycles. The Kier molecular flexibility index (Phi) is 5.30. The molecule has 1 saturated heterocycles. The standard InChI is InChI=1S/C17H22NO5P/c1-3-5-10-17(4-2)11-21-24(22-12-17)23-18-15(19)13-8-6-7-9-14(13)16(18)20/h6-9H,3-5,10-12H2,1-2H3. The molecule has 1 aromatic carbocycles. The van der Waals surface area contributed by atoms with Crippen molar-refractivity contribution in [3.63, 3.8) is 0 Å². The molecule has 0 aromatic heterocycles. The molecule has 0 saturated carbocycles. The first-order chi connectivity index (χ1) is 11.6. The molecule has 24 heavy (non-hydrogen) atoms. The predicted octanol–water partition coefficient (Wildman–Crippen LogP) is 4.07. The van der Waals surface area contributed by atoms with Gasteiger partial charge < -0.3 is 9.05 Å². The number of amides is 2. The number of nitrogens with zero attached hydrogens (tertiary/aromatic N) is 1. The monoisotopic (exact) mass is 351 g/mol. The number of carbonyl (C=O) groups excluding carboxylic acids is 2. The third kappa shape index (κ3) is 3.24. The zero-order valence-electron chi connectivity index (χ0n) is 14.0. The number of fused-ring (bicyclic) bond motifs is 1. The number of carbonyl (C=O) groups is 2. The van der Waals surface area contributed by atoms with Crippen molar-refractivity contribution in [2.45, 2.75) is 39.5 Å². The van der Waals surface area contributed by atoms with Gasteiger partial charge in [0.25, 0.3) is 11.8 Å². The highest BCUT2D eigenvalue weighted by Crippen LogP contribution is 2.50. The van der Waals surface area contributed by atoms with Crippen LogP contribution in [0.3, 0.4) is 0 Å². The van der Waals surface area contributed by atoms with E-state index in [1.807, 2.05) is 0 Å². The molecule has 2 amide bonds. The van der Waals surface area contributed by atoms with Gasteiger partial charge in [-0.05, 0) is 25.0 Å².